The molecule has 0 bridgehead atoms. The average Bonchev–Trinajstić information content (AvgIpc) is 2.32. The smallest absolute Gasteiger partial charge is 0.246 e. The van der Waals surface area contributed by atoms with E-state index in [0.717, 1.165) is 17.1 Å². The van der Waals surface area contributed by atoms with Crippen LogP contribution in [0.25, 0.3) is 0 Å². The highest BCUT2D eigenvalue weighted by molar-refractivity contribution is 5.88. The van der Waals surface area contributed by atoms with Gasteiger partial charge in [0.2, 0.25) is 5.91 Å². The molecular formula is C15H19NO3. The largest absolute Gasteiger partial charge is 0.493 e. The van der Waals surface area contributed by atoms with Gasteiger partial charge in [-0.25, -0.2) is 0 Å². The molecule has 4 heteroatoms. The van der Waals surface area contributed by atoms with Crippen LogP contribution in [0.3, 0.4) is 0 Å². The molecule has 1 aromatic rings. The van der Waals surface area contributed by atoms with E-state index < -0.39 is 0 Å². The summed E-state index contributed by atoms with van der Waals surface area (Å²) in [7, 11) is 1.62. The summed E-state index contributed by atoms with van der Waals surface area (Å²) in [5.74, 6) is 1.50. The molecule has 0 radical (unpaired) electrons. The third-order valence-corrected chi connectivity index (χ3v) is 2.93. The average molecular weight is 261 g/mol. The number of rotatable bonds is 4. The SMILES string of the molecule is COc1ccccc1OC1CN(C(=O)C=C(C)C)C1. The lowest BCUT2D eigenvalue weighted by Crippen LogP contribution is -2.55. The van der Waals surface area contributed by atoms with Crippen LogP contribution in [0.5, 0.6) is 11.5 Å². The monoisotopic (exact) mass is 261 g/mol. The molecular weight excluding hydrogens is 242 g/mol. The van der Waals surface area contributed by atoms with Crippen molar-refractivity contribution < 1.29 is 14.3 Å². The second-order valence-corrected chi connectivity index (χ2v) is 4.86. The predicted octanol–water partition coefficient (Wildman–Crippen LogP) is 2.25. The van der Waals surface area contributed by atoms with Crippen LogP contribution in [0.4, 0.5) is 0 Å². The second-order valence-electron chi connectivity index (χ2n) is 4.86. The maximum absolute atomic E-state index is 11.7. The van der Waals surface area contributed by atoms with E-state index in [0.29, 0.717) is 13.1 Å². The normalized spacial score (nSPS) is 14.6. The Labute approximate surface area is 113 Å². The molecule has 1 heterocycles. The molecule has 0 N–H and O–H groups in total. The number of benzene rings is 1. The highest BCUT2D eigenvalue weighted by Gasteiger charge is 2.31. The molecule has 1 amide bonds. The summed E-state index contributed by atoms with van der Waals surface area (Å²) < 4.78 is 11.0. The Morgan fingerprint density at radius 3 is 2.47 bits per heavy atom. The van der Waals surface area contributed by atoms with E-state index in [1.54, 1.807) is 18.1 Å². The molecule has 0 spiro atoms. The van der Waals surface area contributed by atoms with E-state index in [1.165, 1.54) is 0 Å². The van der Waals surface area contributed by atoms with Gasteiger partial charge in [0.1, 0.15) is 6.10 Å². The number of hydrogen-bond donors (Lipinski definition) is 0. The van der Waals surface area contributed by atoms with Gasteiger partial charge in [0, 0.05) is 6.08 Å². The summed E-state index contributed by atoms with van der Waals surface area (Å²) in [6, 6.07) is 7.54. The van der Waals surface area contributed by atoms with E-state index in [9.17, 15) is 4.79 Å². The third-order valence-electron chi connectivity index (χ3n) is 2.93. The number of hydrogen-bond acceptors (Lipinski definition) is 3. The highest BCUT2D eigenvalue weighted by atomic mass is 16.5. The number of carbonyl (C=O) groups excluding carboxylic acids is 1. The fraction of sp³-hybridized carbons (Fsp3) is 0.400. The molecule has 0 unspecified atom stereocenters. The van der Waals surface area contributed by atoms with E-state index in [-0.39, 0.29) is 12.0 Å². The molecule has 1 aromatic carbocycles. The Bertz CT molecular complexity index is 486. The minimum Gasteiger partial charge on any atom is -0.493 e. The molecule has 0 atom stereocenters. The Morgan fingerprint density at radius 1 is 1.26 bits per heavy atom. The lowest BCUT2D eigenvalue weighted by Gasteiger charge is -2.38. The summed E-state index contributed by atoms with van der Waals surface area (Å²) in [4.78, 5) is 13.5. The van der Waals surface area contributed by atoms with Crippen LogP contribution >= 0.6 is 0 Å². The zero-order valence-corrected chi connectivity index (χ0v) is 11.6. The van der Waals surface area contributed by atoms with Crippen molar-refractivity contribution in [2.75, 3.05) is 20.2 Å². The van der Waals surface area contributed by atoms with Gasteiger partial charge in [-0.15, -0.1) is 0 Å². The van der Waals surface area contributed by atoms with E-state index in [1.807, 2.05) is 38.1 Å². The number of para-hydroxylation sites is 2. The van der Waals surface area contributed by atoms with Crippen molar-refractivity contribution in [2.45, 2.75) is 20.0 Å². The highest BCUT2D eigenvalue weighted by Crippen LogP contribution is 2.28. The maximum Gasteiger partial charge on any atom is 0.246 e. The zero-order chi connectivity index (χ0) is 13.8. The number of ether oxygens (including phenoxy) is 2. The van der Waals surface area contributed by atoms with Gasteiger partial charge in [-0.05, 0) is 26.0 Å². The Morgan fingerprint density at radius 2 is 1.89 bits per heavy atom. The minimum atomic E-state index is 0.0470. The van der Waals surface area contributed by atoms with Gasteiger partial charge in [-0.3, -0.25) is 4.79 Å². The number of carbonyl (C=O) groups is 1. The van der Waals surface area contributed by atoms with Gasteiger partial charge >= 0.3 is 0 Å². The van der Waals surface area contributed by atoms with Gasteiger partial charge < -0.3 is 14.4 Å². The lowest BCUT2D eigenvalue weighted by molar-refractivity contribution is -0.134. The molecule has 1 aliphatic rings. The van der Waals surface area contributed by atoms with Gasteiger partial charge in [0.05, 0.1) is 20.2 Å². The zero-order valence-electron chi connectivity index (χ0n) is 11.6. The van der Waals surface area contributed by atoms with Gasteiger partial charge in [-0.1, -0.05) is 17.7 Å². The molecule has 102 valence electrons. The number of amides is 1. The van der Waals surface area contributed by atoms with Crippen molar-refractivity contribution in [1.29, 1.82) is 0 Å². The van der Waals surface area contributed by atoms with Crippen LogP contribution in [-0.4, -0.2) is 37.1 Å². The third kappa shape index (κ3) is 3.28. The van der Waals surface area contributed by atoms with Crippen molar-refractivity contribution in [2.24, 2.45) is 0 Å². The summed E-state index contributed by atoms with van der Waals surface area (Å²) in [5, 5.41) is 0. The van der Waals surface area contributed by atoms with E-state index in [4.69, 9.17) is 9.47 Å². The number of methoxy groups -OCH3 is 1. The maximum atomic E-state index is 11.7. The first-order chi connectivity index (χ1) is 9.10. The van der Waals surface area contributed by atoms with Crippen molar-refractivity contribution >= 4 is 5.91 Å². The fourth-order valence-electron chi connectivity index (χ4n) is 1.93. The minimum absolute atomic E-state index is 0.0470. The first-order valence-corrected chi connectivity index (χ1v) is 6.33. The van der Waals surface area contributed by atoms with E-state index in [2.05, 4.69) is 0 Å². The van der Waals surface area contributed by atoms with Crippen molar-refractivity contribution in [3.63, 3.8) is 0 Å². The molecule has 1 aliphatic heterocycles. The summed E-state index contributed by atoms with van der Waals surface area (Å²) in [6.45, 7) is 5.09. The summed E-state index contributed by atoms with van der Waals surface area (Å²) in [5.41, 5.74) is 1.01. The van der Waals surface area contributed by atoms with E-state index >= 15 is 0 Å². The summed E-state index contributed by atoms with van der Waals surface area (Å²) in [6.07, 6.45) is 1.70. The molecule has 4 nitrogen and oxygen atoms in total. The van der Waals surface area contributed by atoms with Crippen LogP contribution in [0, 0.1) is 0 Å². The fourth-order valence-corrected chi connectivity index (χ4v) is 1.93. The quantitative estimate of drug-likeness (QED) is 0.780. The first-order valence-electron chi connectivity index (χ1n) is 6.33. The van der Waals surface area contributed by atoms with Crippen LogP contribution < -0.4 is 9.47 Å². The second kappa shape index (κ2) is 5.78. The van der Waals surface area contributed by atoms with Crippen LogP contribution in [-0.2, 0) is 4.79 Å². The topological polar surface area (TPSA) is 38.8 Å². The number of allylic oxidation sites excluding steroid dienone is 1. The van der Waals surface area contributed by atoms with Gasteiger partial charge in [0.25, 0.3) is 0 Å². The molecule has 0 saturated carbocycles. The van der Waals surface area contributed by atoms with Gasteiger partial charge in [-0.2, -0.15) is 0 Å². The van der Waals surface area contributed by atoms with Crippen molar-refractivity contribution in [3.8, 4) is 11.5 Å². The number of nitrogens with zero attached hydrogens (tertiary/aromatic N) is 1. The van der Waals surface area contributed by atoms with Crippen molar-refractivity contribution in [1.82, 2.24) is 4.90 Å². The molecule has 0 aliphatic carbocycles. The molecule has 2 rings (SSSR count). The first kappa shape index (κ1) is 13.5. The standard InChI is InChI=1S/C15H19NO3/c1-11(2)8-15(17)16-9-12(10-16)19-14-7-5-4-6-13(14)18-3/h4-8,12H,9-10H2,1-3H3. The van der Waals surface area contributed by atoms with Gasteiger partial charge in [0.15, 0.2) is 11.5 Å². The molecule has 0 aromatic heterocycles. The summed E-state index contributed by atoms with van der Waals surface area (Å²) >= 11 is 0. The number of likely N-dealkylation sites (tertiary alicyclic amines) is 1. The Kier molecular flexibility index (Phi) is 4.10. The lowest BCUT2D eigenvalue weighted by atomic mass is 10.1. The molecule has 19 heavy (non-hydrogen) atoms. The van der Waals surface area contributed by atoms with Crippen LogP contribution in [0.2, 0.25) is 0 Å². The van der Waals surface area contributed by atoms with Crippen molar-refractivity contribution in [3.05, 3.63) is 35.9 Å². The molecule has 1 saturated heterocycles. The van der Waals surface area contributed by atoms with Crippen LogP contribution in [0.15, 0.2) is 35.9 Å². The molecule has 1 fully saturated rings. The predicted molar refractivity (Wildman–Crippen MR) is 73.4 cm³/mol. The Balaban J connectivity index is 1.88. The van der Waals surface area contributed by atoms with Crippen LogP contribution in [0.1, 0.15) is 13.8 Å². The Hall–Kier alpha value is -1.97.